The molecule has 1 saturated heterocycles. The van der Waals surface area contributed by atoms with E-state index < -0.39 is 5.41 Å². The minimum Gasteiger partial charge on any atom is -0.495 e. The minimum absolute atomic E-state index is 0.0482. The van der Waals surface area contributed by atoms with Gasteiger partial charge < -0.3 is 20.1 Å². The van der Waals surface area contributed by atoms with Crippen LogP contribution in [-0.2, 0) is 14.3 Å². The molecule has 2 rings (SSSR count). The van der Waals surface area contributed by atoms with Gasteiger partial charge in [0, 0.05) is 13.2 Å². The van der Waals surface area contributed by atoms with Crippen LogP contribution >= 0.6 is 0 Å². The summed E-state index contributed by atoms with van der Waals surface area (Å²) in [5, 5.41) is 5.56. The minimum atomic E-state index is -1.19. The van der Waals surface area contributed by atoms with Crippen LogP contribution in [-0.4, -0.2) is 38.2 Å². The predicted octanol–water partition coefficient (Wildman–Crippen LogP) is 1.96. The molecule has 1 aliphatic rings. The Kier molecular flexibility index (Phi) is 5.60. The van der Waals surface area contributed by atoms with Crippen molar-refractivity contribution in [3.8, 4) is 5.75 Å². The number of hydrogen-bond acceptors (Lipinski definition) is 4. The number of carbonyl (C=O) groups is 2. The molecule has 1 fully saturated rings. The Morgan fingerprint density at radius 3 is 2.70 bits per heavy atom. The zero-order valence-electron chi connectivity index (χ0n) is 13.8. The summed E-state index contributed by atoms with van der Waals surface area (Å²) >= 11 is 0. The van der Waals surface area contributed by atoms with Gasteiger partial charge in [-0.2, -0.15) is 0 Å². The third-order valence-electron chi connectivity index (χ3n) is 4.00. The highest BCUT2D eigenvalue weighted by atomic mass is 16.5. The van der Waals surface area contributed by atoms with Crippen LogP contribution in [0.2, 0.25) is 0 Å². The molecule has 0 spiro atoms. The summed E-state index contributed by atoms with van der Waals surface area (Å²) in [6.07, 6.45) is 2.00. The number of hydrogen-bond donors (Lipinski definition) is 2. The first-order valence-electron chi connectivity index (χ1n) is 7.79. The van der Waals surface area contributed by atoms with Gasteiger partial charge in [-0.1, -0.05) is 12.1 Å². The van der Waals surface area contributed by atoms with Gasteiger partial charge >= 0.3 is 0 Å². The normalized spacial score (nSPS) is 17.6. The summed E-state index contributed by atoms with van der Waals surface area (Å²) in [4.78, 5) is 24.8. The largest absolute Gasteiger partial charge is 0.495 e. The van der Waals surface area contributed by atoms with E-state index >= 15 is 0 Å². The Bertz CT molecular complexity index is 565. The highest BCUT2D eigenvalue weighted by Gasteiger charge is 2.36. The van der Waals surface area contributed by atoms with Gasteiger partial charge in [0.2, 0.25) is 11.8 Å². The molecule has 2 N–H and O–H groups in total. The molecule has 2 amide bonds. The number of rotatable bonds is 6. The molecule has 1 aromatic carbocycles. The number of ether oxygens (including phenoxy) is 2. The van der Waals surface area contributed by atoms with E-state index in [-0.39, 0.29) is 17.9 Å². The second-order valence-electron chi connectivity index (χ2n) is 6.12. The number of carbonyl (C=O) groups excluding carboxylic acids is 2. The van der Waals surface area contributed by atoms with E-state index in [2.05, 4.69) is 10.6 Å². The van der Waals surface area contributed by atoms with Gasteiger partial charge in [0.05, 0.1) is 18.9 Å². The Labute approximate surface area is 136 Å². The van der Waals surface area contributed by atoms with Gasteiger partial charge in [0.1, 0.15) is 11.2 Å². The van der Waals surface area contributed by atoms with E-state index in [4.69, 9.17) is 9.47 Å². The van der Waals surface area contributed by atoms with E-state index in [0.717, 1.165) is 19.4 Å². The third-order valence-corrected chi connectivity index (χ3v) is 4.00. The van der Waals surface area contributed by atoms with Crippen LogP contribution in [0, 0.1) is 5.41 Å². The smallest absolute Gasteiger partial charge is 0.239 e. The van der Waals surface area contributed by atoms with E-state index in [9.17, 15) is 9.59 Å². The summed E-state index contributed by atoms with van der Waals surface area (Å²) in [6.45, 7) is 4.37. The Morgan fingerprint density at radius 2 is 2.04 bits per heavy atom. The molecule has 0 aromatic heterocycles. The number of para-hydroxylation sites is 2. The van der Waals surface area contributed by atoms with Gasteiger partial charge in [0.15, 0.2) is 0 Å². The van der Waals surface area contributed by atoms with Crippen LogP contribution in [0.15, 0.2) is 24.3 Å². The SMILES string of the molecule is COc1ccccc1NC(=O)C(C)(C)C(=O)NCC1CCCO1. The first kappa shape index (κ1) is 17.3. The maximum Gasteiger partial charge on any atom is 0.239 e. The molecule has 0 radical (unpaired) electrons. The van der Waals surface area contributed by atoms with E-state index in [1.165, 1.54) is 7.11 Å². The lowest BCUT2D eigenvalue weighted by atomic mass is 9.90. The van der Waals surface area contributed by atoms with Crippen molar-refractivity contribution in [2.75, 3.05) is 25.6 Å². The Hall–Kier alpha value is -2.08. The lowest BCUT2D eigenvalue weighted by Crippen LogP contribution is -2.47. The molecule has 23 heavy (non-hydrogen) atoms. The second-order valence-corrected chi connectivity index (χ2v) is 6.12. The average Bonchev–Trinajstić information content (AvgIpc) is 3.06. The highest BCUT2D eigenvalue weighted by Crippen LogP contribution is 2.26. The van der Waals surface area contributed by atoms with Crippen molar-refractivity contribution in [2.45, 2.75) is 32.8 Å². The fourth-order valence-electron chi connectivity index (χ4n) is 2.36. The first-order valence-corrected chi connectivity index (χ1v) is 7.79. The quantitative estimate of drug-likeness (QED) is 0.786. The van der Waals surface area contributed by atoms with Crippen molar-refractivity contribution in [2.24, 2.45) is 5.41 Å². The molecule has 1 heterocycles. The maximum absolute atomic E-state index is 12.5. The molecule has 0 aliphatic carbocycles. The number of amides is 2. The molecular weight excluding hydrogens is 296 g/mol. The van der Waals surface area contributed by atoms with E-state index in [0.29, 0.717) is 18.0 Å². The third kappa shape index (κ3) is 4.22. The van der Waals surface area contributed by atoms with Gasteiger partial charge in [-0.05, 0) is 38.8 Å². The molecule has 126 valence electrons. The molecule has 1 unspecified atom stereocenters. The van der Waals surface area contributed by atoms with E-state index in [1.54, 1.807) is 32.0 Å². The Balaban J connectivity index is 1.96. The predicted molar refractivity (Wildman–Crippen MR) is 87.4 cm³/mol. The van der Waals surface area contributed by atoms with Gasteiger partial charge in [-0.15, -0.1) is 0 Å². The number of benzene rings is 1. The Morgan fingerprint density at radius 1 is 1.30 bits per heavy atom. The van der Waals surface area contributed by atoms with Crippen LogP contribution in [0.4, 0.5) is 5.69 Å². The van der Waals surface area contributed by atoms with Gasteiger partial charge in [-0.25, -0.2) is 0 Å². The molecular formula is C17H24N2O4. The van der Waals surface area contributed by atoms with Crippen molar-refractivity contribution in [3.63, 3.8) is 0 Å². The zero-order chi connectivity index (χ0) is 16.9. The van der Waals surface area contributed by atoms with Crippen LogP contribution in [0.5, 0.6) is 5.75 Å². The topological polar surface area (TPSA) is 76.7 Å². The fraction of sp³-hybridized carbons (Fsp3) is 0.529. The fourth-order valence-corrected chi connectivity index (χ4v) is 2.36. The lowest BCUT2D eigenvalue weighted by Gasteiger charge is -2.24. The molecule has 6 nitrogen and oxygen atoms in total. The van der Waals surface area contributed by atoms with Crippen molar-refractivity contribution in [1.29, 1.82) is 0 Å². The lowest BCUT2D eigenvalue weighted by molar-refractivity contribution is -0.138. The molecule has 1 atom stereocenters. The summed E-state index contributed by atoms with van der Waals surface area (Å²) < 4.78 is 10.7. The summed E-state index contributed by atoms with van der Waals surface area (Å²) in [5.41, 5.74) is -0.653. The van der Waals surface area contributed by atoms with Crippen molar-refractivity contribution < 1.29 is 19.1 Å². The van der Waals surface area contributed by atoms with Crippen LogP contribution in [0.25, 0.3) is 0 Å². The van der Waals surface area contributed by atoms with Crippen LogP contribution < -0.4 is 15.4 Å². The standard InChI is InChI=1S/C17H24N2O4/c1-17(2,15(20)18-11-12-7-6-10-23-12)16(21)19-13-8-4-5-9-14(13)22-3/h4-5,8-9,12H,6-7,10-11H2,1-3H3,(H,18,20)(H,19,21). The van der Waals surface area contributed by atoms with E-state index in [1.807, 2.05) is 6.07 Å². The number of methoxy groups -OCH3 is 1. The molecule has 1 aromatic rings. The molecule has 0 saturated carbocycles. The first-order chi connectivity index (χ1) is 10.9. The monoisotopic (exact) mass is 320 g/mol. The average molecular weight is 320 g/mol. The summed E-state index contributed by atoms with van der Waals surface area (Å²) in [5.74, 6) is -0.149. The van der Waals surface area contributed by atoms with Gasteiger partial charge in [-0.3, -0.25) is 9.59 Å². The van der Waals surface area contributed by atoms with Crippen molar-refractivity contribution >= 4 is 17.5 Å². The number of anilines is 1. The highest BCUT2D eigenvalue weighted by molar-refractivity contribution is 6.10. The molecule has 0 bridgehead atoms. The second kappa shape index (κ2) is 7.46. The van der Waals surface area contributed by atoms with Crippen LogP contribution in [0.3, 0.4) is 0 Å². The van der Waals surface area contributed by atoms with Crippen molar-refractivity contribution in [1.82, 2.24) is 5.32 Å². The summed E-state index contributed by atoms with van der Waals surface area (Å²) in [6, 6.07) is 7.09. The van der Waals surface area contributed by atoms with Crippen molar-refractivity contribution in [3.05, 3.63) is 24.3 Å². The maximum atomic E-state index is 12.5. The molecule has 1 aliphatic heterocycles. The molecule has 6 heteroatoms. The van der Waals surface area contributed by atoms with Crippen LogP contribution in [0.1, 0.15) is 26.7 Å². The van der Waals surface area contributed by atoms with Gasteiger partial charge in [0.25, 0.3) is 0 Å². The number of nitrogens with one attached hydrogen (secondary N) is 2. The zero-order valence-corrected chi connectivity index (χ0v) is 13.8. The summed E-state index contributed by atoms with van der Waals surface area (Å²) in [7, 11) is 1.53.